The van der Waals surface area contributed by atoms with Gasteiger partial charge in [-0.1, -0.05) is 186 Å². The molecule has 0 aliphatic carbocycles. The van der Waals surface area contributed by atoms with Crippen molar-refractivity contribution in [1.82, 2.24) is 0 Å². The van der Waals surface area contributed by atoms with E-state index in [2.05, 4.69) is 57.2 Å². The molecule has 0 rings (SSSR count). The van der Waals surface area contributed by atoms with E-state index in [0.29, 0.717) is 19.3 Å². The van der Waals surface area contributed by atoms with Crippen LogP contribution in [0, 0.1) is 0 Å². The van der Waals surface area contributed by atoms with Crippen LogP contribution in [0.1, 0.15) is 233 Å². The Kier molecular flexibility index (Phi) is 41.5. The lowest BCUT2D eigenvalue weighted by Crippen LogP contribution is -2.30. The minimum atomic E-state index is -0.782. The van der Waals surface area contributed by atoms with Crippen molar-refractivity contribution in [2.45, 2.75) is 239 Å². The molecule has 0 saturated heterocycles. The Morgan fingerprint density at radius 2 is 0.685 bits per heavy atom. The molecule has 0 amide bonds. The minimum Gasteiger partial charge on any atom is -0.462 e. The first-order valence-corrected chi connectivity index (χ1v) is 23.0. The number of hydrogen-bond acceptors (Lipinski definition) is 6. The van der Waals surface area contributed by atoms with Crippen molar-refractivity contribution in [2.24, 2.45) is 0 Å². The van der Waals surface area contributed by atoms with Crippen molar-refractivity contribution in [1.29, 1.82) is 0 Å². The fraction of sp³-hybridized carbons (Fsp3) is 0.812. The monoisotopic (exact) mass is 759 g/mol. The number of unbranched alkanes of at least 4 members (excludes halogenated alkanes) is 25. The first kappa shape index (κ1) is 51.6. The molecule has 1 unspecified atom stereocenters. The van der Waals surface area contributed by atoms with E-state index < -0.39 is 6.10 Å². The van der Waals surface area contributed by atoms with Gasteiger partial charge in [-0.05, 0) is 64.2 Å². The van der Waals surface area contributed by atoms with Gasteiger partial charge in [0.1, 0.15) is 13.2 Å². The van der Waals surface area contributed by atoms with Gasteiger partial charge in [0, 0.05) is 19.3 Å². The molecule has 0 bridgehead atoms. The predicted molar refractivity (Wildman–Crippen MR) is 229 cm³/mol. The van der Waals surface area contributed by atoms with Gasteiger partial charge in [0.15, 0.2) is 6.10 Å². The molecule has 1 atom stereocenters. The van der Waals surface area contributed by atoms with Crippen molar-refractivity contribution < 1.29 is 28.6 Å². The van der Waals surface area contributed by atoms with Gasteiger partial charge < -0.3 is 14.2 Å². The van der Waals surface area contributed by atoms with Crippen LogP contribution in [-0.4, -0.2) is 37.2 Å². The summed E-state index contributed by atoms with van der Waals surface area (Å²) >= 11 is 0. The van der Waals surface area contributed by atoms with E-state index in [1.165, 1.54) is 103 Å². The standard InChI is InChI=1S/C48H86O6/c1-4-7-10-13-16-19-22-23-24-25-26-27-30-32-35-38-41-47(50)53-44-45(54-48(51)42-39-36-33-29-21-18-15-12-9-6-3)43-52-46(49)40-37-34-31-28-20-17-14-11-8-5-2/h15,18,24-27,45H,4-14,16-17,19-23,28-44H2,1-3H3/b18-15-,25-24-,27-26-. The normalized spacial score (nSPS) is 12.3. The highest BCUT2D eigenvalue weighted by atomic mass is 16.6. The largest absolute Gasteiger partial charge is 0.462 e. The van der Waals surface area contributed by atoms with E-state index in [1.807, 2.05) is 0 Å². The van der Waals surface area contributed by atoms with Crippen LogP contribution in [0.25, 0.3) is 0 Å². The van der Waals surface area contributed by atoms with Gasteiger partial charge >= 0.3 is 17.9 Å². The lowest BCUT2D eigenvalue weighted by Gasteiger charge is -2.18. The fourth-order valence-corrected chi connectivity index (χ4v) is 6.35. The average Bonchev–Trinajstić information content (AvgIpc) is 3.17. The third-order valence-corrected chi connectivity index (χ3v) is 9.90. The van der Waals surface area contributed by atoms with Crippen molar-refractivity contribution in [3.8, 4) is 0 Å². The molecule has 0 radical (unpaired) electrons. The molecule has 6 heteroatoms. The third kappa shape index (κ3) is 40.8. The SMILES string of the molecule is CCCC/C=C\CCCCCCC(=O)OC(COC(=O)CCCCC/C=C\C=C/CCCCCCCCC)COC(=O)CCCCCCCCCCCC. The maximum atomic E-state index is 12.7. The molecule has 0 aromatic heterocycles. The Hall–Kier alpha value is -2.37. The lowest BCUT2D eigenvalue weighted by molar-refractivity contribution is -0.167. The van der Waals surface area contributed by atoms with E-state index in [1.54, 1.807) is 0 Å². The highest BCUT2D eigenvalue weighted by Crippen LogP contribution is 2.14. The molecule has 0 N–H and O–H groups in total. The zero-order valence-corrected chi connectivity index (χ0v) is 35.7. The first-order valence-electron chi connectivity index (χ1n) is 23.0. The number of esters is 3. The number of carbonyl (C=O) groups excluding carboxylic acids is 3. The van der Waals surface area contributed by atoms with Gasteiger partial charge in [-0.15, -0.1) is 0 Å². The van der Waals surface area contributed by atoms with Crippen molar-refractivity contribution in [2.75, 3.05) is 13.2 Å². The molecule has 0 fully saturated rings. The summed E-state index contributed by atoms with van der Waals surface area (Å²) in [6.07, 6.45) is 48.4. The molecule has 0 heterocycles. The molecular formula is C48H86O6. The van der Waals surface area contributed by atoms with Crippen molar-refractivity contribution >= 4 is 17.9 Å². The van der Waals surface area contributed by atoms with Gasteiger partial charge in [0.2, 0.25) is 0 Å². The Bertz CT molecular complexity index is 922. The molecule has 0 aliphatic rings. The number of rotatable bonds is 41. The van der Waals surface area contributed by atoms with Gasteiger partial charge in [-0.25, -0.2) is 0 Å². The van der Waals surface area contributed by atoms with E-state index in [9.17, 15) is 14.4 Å². The Balaban J connectivity index is 4.38. The van der Waals surface area contributed by atoms with Crippen molar-refractivity contribution in [3.05, 3.63) is 36.5 Å². The Morgan fingerprint density at radius 3 is 1.11 bits per heavy atom. The fourth-order valence-electron chi connectivity index (χ4n) is 6.35. The highest BCUT2D eigenvalue weighted by molar-refractivity contribution is 5.71. The van der Waals surface area contributed by atoms with Gasteiger partial charge in [0.05, 0.1) is 0 Å². The second kappa shape index (κ2) is 43.4. The lowest BCUT2D eigenvalue weighted by atomic mass is 10.1. The number of carbonyl (C=O) groups is 3. The van der Waals surface area contributed by atoms with E-state index in [4.69, 9.17) is 14.2 Å². The molecular weight excluding hydrogens is 673 g/mol. The number of allylic oxidation sites excluding steroid dienone is 6. The molecule has 0 aliphatic heterocycles. The van der Waals surface area contributed by atoms with Gasteiger partial charge in [0.25, 0.3) is 0 Å². The van der Waals surface area contributed by atoms with E-state index in [0.717, 1.165) is 89.9 Å². The van der Waals surface area contributed by atoms with Gasteiger partial charge in [-0.3, -0.25) is 14.4 Å². The summed E-state index contributed by atoms with van der Waals surface area (Å²) in [6, 6.07) is 0. The highest BCUT2D eigenvalue weighted by Gasteiger charge is 2.19. The zero-order chi connectivity index (χ0) is 39.4. The predicted octanol–water partition coefficient (Wildman–Crippen LogP) is 14.6. The van der Waals surface area contributed by atoms with Crippen LogP contribution >= 0.6 is 0 Å². The minimum absolute atomic E-state index is 0.0835. The van der Waals surface area contributed by atoms with Crippen LogP contribution in [0.3, 0.4) is 0 Å². The van der Waals surface area contributed by atoms with Crippen LogP contribution in [0.2, 0.25) is 0 Å². The summed E-state index contributed by atoms with van der Waals surface area (Å²) in [5, 5.41) is 0. The number of ether oxygens (including phenoxy) is 3. The summed E-state index contributed by atoms with van der Waals surface area (Å²) in [5.74, 6) is -0.925. The summed E-state index contributed by atoms with van der Waals surface area (Å²) < 4.78 is 16.6. The Morgan fingerprint density at radius 1 is 0.370 bits per heavy atom. The summed E-state index contributed by atoms with van der Waals surface area (Å²) in [6.45, 7) is 6.54. The summed E-state index contributed by atoms with van der Waals surface area (Å²) in [7, 11) is 0. The van der Waals surface area contributed by atoms with Crippen LogP contribution in [0.15, 0.2) is 36.5 Å². The molecule has 0 aromatic rings. The first-order chi connectivity index (χ1) is 26.5. The number of hydrogen-bond donors (Lipinski definition) is 0. The molecule has 0 spiro atoms. The topological polar surface area (TPSA) is 78.9 Å². The Labute approximate surface area is 334 Å². The second-order valence-electron chi connectivity index (χ2n) is 15.3. The molecule has 54 heavy (non-hydrogen) atoms. The molecule has 6 nitrogen and oxygen atoms in total. The smallest absolute Gasteiger partial charge is 0.306 e. The average molecular weight is 759 g/mol. The summed E-state index contributed by atoms with van der Waals surface area (Å²) in [5.41, 5.74) is 0. The van der Waals surface area contributed by atoms with Crippen LogP contribution in [0.4, 0.5) is 0 Å². The van der Waals surface area contributed by atoms with Crippen LogP contribution in [0.5, 0.6) is 0 Å². The molecule has 0 aromatic carbocycles. The van der Waals surface area contributed by atoms with Gasteiger partial charge in [-0.2, -0.15) is 0 Å². The second-order valence-corrected chi connectivity index (χ2v) is 15.3. The van der Waals surface area contributed by atoms with E-state index >= 15 is 0 Å². The van der Waals surface area contributed by atoms with E-state index in [-0.39, 0.29) is 31.1 Å². The van der Waals surface area contributed by atoms with Crippen molar-refractivity contribution in [3.63, 3.8) is 0 Å². The molecule has 314 valence electrons. The molecule has 0 saturated carbocycles. The van der Waals surface area contributed by atoms with Crippen LogP contribution in [-0.2, 0) is 28.6 Å². The third-order valence-electron chi connectivity index (χ3n) is 9.90. The zero-order valence-electron chi connectivity index (χ0n) is 35.7. The summed E-state index contributed by atoms with van der Waals surface area (Å²) in [4.78, 5) is 37.6. The van der Waals surface area contributed by atoms with Crippen LogP contribution < -0.4 is 0 Å². The maximum Gasteiger partial charge on any atom is 0.306 e. The quantitative estimate of drug-likeness (QED) is 0.0203. The maximum absolute atomic E-state index is 12.7.